The number of rotatable bonds is 5. The Morgan fingerprint density at radius 3 is 2.50 bits per heavy atom. The van der Waals surface area contributed by atoms with Gasteiger partial charge in [0.25, 0.3) is 0 Å². The van der Waals surface area contributed by atoms with Crippen molar-refractivity contribution in [3.05, 3.63) is 11.6 Å². The third kappa shape index (κ3) is 3.78. The molecule has 4 heteroatoms. The fraction of sp³-hybridized carbons (Fsp3) is 0.893. The highest BCUT2D eigenvalue weighted by molar-refractivity contribution is 5.69. The SMILES string of the molecule is C/C=C1/[C@@H](O)[C@@H]2[C@H](CC[C@]3(C)[C@@H]([C@H](C)CCC(=O)OCC)CC[C@@H]23)[C@@]2(C)CC[C@@H](O)C[C@@H]12. The van der Waals surface area contributed by atoms with Gasteiger partial charge in [0, 0.05) is 6.42 Å². The van der Waals surface area contributed by atoms with Crippen LogP contribution < -0.4 is 0 Å². The highest BCUT2D eigenvalue weighted by atomic mass is 16.5. The Balaban J connectivity index is 1.57. The van der Waals surface area contributed by atoms with Crippen LogP contribution in [0.5, 0.6) is 0 Å². The van der Waals surface area contributed by atoms with Crippen LogP contribution in [0, 0.1) is 46.3 Å². The standard InChI is InChI=1S/C28H46O4/c1-6-19-23-16-18(29)12-14-28(23,5)22-13-15-27(4)20(9-10-21(27)25(22)26(19)31)17(3)8-11-24(30)32-7-2/h6,17-18,20-23,25-26,29,31H,7-16H2,1-5H3/b19-6+/t17-,18-,20-,21+,22+,23+,25+,26-,27-,28-/m1/s1. The van der Waals surface area contributed by atoms with Gasteiger partial charge in [-0.3, -0.25) is 4.79 Å². The van der Waals surface area contributed by atoms with E-state index in [1.54, 1.807) is 0 Å². The Morgan fingerprint density at radius 2 is 1.81 bits per heavy atom. The zero-order valence-corrected chi connectivity index (χ0v) is 21.0. The molecule has 0 amide bonds. The Kier molecular flexibility index (Phi) is 6.87. The lowest BCUT2D eigenvalue weighted by Crippen LogP contribution is -2.59. The van der Waals surface area contributed by atoms with E-state index in [4.69, 9.17) is 4.74 Å². The van der Waals surface area contributed by atoms with E-state index >= 15 is 0 Å². The Morgan fingerprint density at radius 1 is 1.12 bits per heavy atom. The number of hydrogen-bond acceptors (Lipinski definition) is 4. The number of hydrogen-bond donors (Lipinski definition) is 2. The first-order valence-electron chi connectivity index (χ1n) is 13.3. The maximum atomic E-state index is 11.9. The molecule has 4 rings (SSSR count). The minimum absolute atomic E-state index is 0.0679. The summed E-state index contributed by atoms with van der Waals surface area (Å²) in [4.78, 5) is 11.9. The highest BCUT2D eigenvalue weighted by Crippen LogP contribution is 2.69. The minimum atomic E-state index is -0.369. The summed E-state index contributed by atoms with van der Waals surface area (Å²) in [6.45, 7) is 11.7. The second-order valence-electron chi connectivity index (χ2n) is 12.1. The number of allylic oxidation sites excluding steroid dienone is 1. The van der Waals surface area contributed by atoms with Crippen LogP contribution in [0.1, 0.15) is 92.4 Å². The molecule has 0 heterocycles. The van der Waals surface area contributed by atoms with E-state index < -0.39 is 0 Å². The Bertz CT molecular complexity index is 731. The maximum absolute atomic E-state index is 11.9. The summed E-state index contributed by atoms with van der Waals surface area (Å²) in [5.74, 6) is 2.79. The van der Waals surface area contributed by atoms with E-state index in [0.717, 1.165) is 25.7 Å². The molecule has 4 aliphatic rings. The zero-order valence-electron chi connectivity index (χ0n) is 21.0. The molecule has 0 spiro atoms. The van der Waals surface area contributed by atoms with Crippen LogP contribution in [0.25, 0.3) is 0 Å². The van der Waals surface area contributed by atoms with Gasteiger partial charge in [-0.1, -0.05) is 26.8 Å². The number of aliphatic hydroxyl groups is 2. The molecule has 4 fully saturated rings. The van der Waals surface area contributed by atoms with Gasteiger partial charge < -0.3 is 14.9 Å². The van der Waals surface area contributed by atoms with Crippen LogP contribution >= 0.6 is 0 Å². The molecular weight excluding hydrogens is 400 g/mol. The molecule has 4 saturated carbocycles. The largest absolute Gasteiger partial charge is 0.466 e. The number of esters is 1. The monoisotopic (exact) mass is 446 g/mol. The van der Waals surface area contributed by atoms with Gasteiger partial charge in [0.05, 0.1) is 18.8 Å². The van der Waals surface area contributed by atoms with Crippen molar-refractivity contribution in [1.82, 2.24) is 0 Å². The Hall–Kier alpha value is -0.870. The number of aliphatic hydroxyl groups excluding tert-OH is 2. The number of carbonyl (C=O) groups is 1. The van der Waals surface area contributed by atoms with E-state index in [1.807, 2.05) is 6.92 Å². The van der Waals surface area contributed by atoms with Gasteiger partial charge in [-0.25, -0.2) is 0 Å². The zero-order chi connectivity index (χ0) is 23.3. The van der Waals surface area contributed by atoms with Crippen molar-refractivity contribution in [3.8, 4) is 0 Å². The maximum Gasteiger partial charge on any atom is 0.305 e. The molecule has 0 unspecified atom stereocenters. The van der Waals surface area contributed by atoms with Crippen molar-refractivity contribution < 1.29 is 19.7 Å². The molecule has 0 aromatic rings. The van der Waals surface area contributed by atoms with Crippen molar-refractivity contribution in [2.24, 2.45) is 46.3 Å². The van der Waals surface area contributed by atoms with E-state index in [2.05, 4.69) is 33.8 Å². The topological polar surface area (TPSA) is 66.8 Å². The highest BCUT2D eigenvalue weighted by Gasteiger charge is 2.63. The fourth-order valence-electron chi connectivity index (χ4n) is 9.23. The van der Waals surface area contributed by atoms with Crippen LogP contribution in [0.2, 0.25) is 0 Å². The summed E-state index contributed by atoms with van der Waals surface area (Å²) < 4.78 is 5.17. The molecule has 0 aromatic heterocycles. The summed E-state index contributed by atoms with van der Waals surface area (Å²) in [6, 6.07) is 0. The van der Waals surface area contributed by atoms with Gasteiger partial charge in [0.15, 0.2) is 0 Å². The van der Waals surface area contributed by atoms with Gasteiger partial charge in [-0.05, 0) is 117 Å². The first-order chi connectivity index (χ1) is 15.2. The second-order valence-corrected chi connectivity index (χ2v) is 12.1. The molecule has 4 aliphatic carbocycles. The molecule has 0 bridgehead atoms. The van der Waals surface area contributed by atoms with Crippen molar-refractivity contribution in [1.29, 1.82) is 0 Å². The minimum Gasteiger partial charge on any atom is -0.466 e. The van der Waals surface area contributed by atoms with Gasteiger partial charge in [-0.2, -0.15) is 0 Å². The van der Waals surface area contributed by atoms with Gasteiger partial charge in [0.2, 0.25) is 0 Å². The smallest absolute Gasteiger partial charge is 0.305 e. The van der Waals surface area contributed by atoms with Gasteiger partial charge in [0.1, 0.15) is 0 Å². The lowest BCUT2D eigenvalue weighted by Gasteiger charge is -2.63. The second kappa shape index (κ2) is 9.06. The molecule has 10 atom stereocenters. The van der Waals surface area contributed by atoms with Crippen LogP contribution in [-0.2, 0) is 9.53 Å². The van der Waals surface area contributed by atoms with Crippen molar-refractivity contribution >= 4 is 5.97 Å². The van der Waals surface area contributed by atoms with E-state index in [9.17, 15) is 15.0 Å². The molecule has 4 nitrogen and oxygen atoms in total. The number of fused-ring (bicyclic) bond motifs is 5. The third-order valence-corrected chi connectivity index (χ3v) is 10.8. The molecule has 0 radical (unpaired) electrons. The van der Waals surface area contributed by atoms with E-state index in [-0.39, 0.29) is 29.0 Å². The Labute approximate surface area is 195 Å². The molecule has 182 valence electrons. The lowest BCUT2D eigenvalue weighted by molar-refractivity contribution is -0.148. The molecule has 2 N–H and O–H groups in total. The summed E-state index contributed by atoms with van der Waals surface area (Å²) in [5, 5.41) is 22.1. The number of ether oxygens (including phenoxy) is 1. The quantitative estimate of drug-likeness (QED) is 0.431. The van der Waals surface area contributed by atoms with Crippen molar-refractivity contribution in [2.75, 3.05) is 6.61 Å². The summed E-state index contributed by atoms with van der Waals surface area (Å²) >= 11 is 0. The van der Waals surface area contributed by atoms with Crippen molar-refractivity contribution in [2.45, 2.75) is 105 Å². The third-order valence-electron chi connectivity index (χ3n) is 10.8. The normalized spacial score (nSPS) is 48.0. The molecule has 0 saturated heterocycles. The predicted molar refractivity (Wildman–Crippen MR) is 127 cm³/mol. The average Bonchev–Trinajstić information content (AvgIpc) is 3.11. The summed E-state index contributed by atoms with van der Waals surface area (Å²) in [5.41, 5.74) is 1.64. The van der Waals surface area contributed by atoms with E-state index in [1.165, 1.54) is 31.3 Å². The first-order valence-corrected chi connectivity index (χ1v) is 13.3. The van der Waals surface area contributed by atoms with Gasteiger partial charge in [-0.15, -0.1) is 0 Å². The summed E-state index contributed by atoms with van der Waals surface area (Å²) in [7, 11) is 0. The summed E-state index contributed by atoms with van der Waals surface area (Å²) in [6.07, 6.45) is 10.6. The average molecular weight is 447 g/mol. The van der Waals surface area contributed by atoms with Gasteiger partial charge >= 0.3 is 5.97 Å². The van der Waals surface area contributed by atoms with E-state index in [0.29, 0.717) is 48.5 Å². The molecule has 0 aromatic carbocycles. The van der Waals surface area contributed by atoms with Crippen LogP contribution in [-0.4, -0.2) is 35.0 Å². The number of carbonyl (C=O) groups excluding carboxylic acids is 1. The molecular formula is C28H46O4. The fourth-order valence-corrected chi connectivity index (χ4v) is 9.23. The lowest BCUT2D eigenvalue weighted by atomic mass is 9.42. The first kappa shape index (κ1) is 24.3. The van der Waals surface area contributed by atoms with Crippen LogP contribution in [0.4, 0.5) is 0 Å². The van der Waals surface area contributed by atoms with Crippen LogP contribution in [0.3, 0.4) is 0 Å². The molecule has 0 aliphatic heterocycles. The van der Waals surface area contributed by atoms with Crippen LogP contribution in [0.15, 0.2) is 11.6 Å². The molecule has 32 heavy (non-hydrogen) atoms. The predicted octanol–water partition coefficient (Wildman–Crippen LogP) is 5.51. The van der Waals surface area contributed by atoms with Crippen molar-refractivity contribution in [3.63, 3.8) is 0 Å².